The third kappa shape index (κ3) is 11.6. The number of aryl methyl sites for hydroxylation is 2. The SMILES string of the molecule is CCC(C)=C(C#Cc1cc(C(=O)C(C)CC)ccc1C)/C(C(=N)N)=C(/C#N)NC(C)C.Cc1ccc(CN2CCN(C)CC2)cc1. The molecule has 0 amide bonds. The van der Waals surface area contributed by atoms with Gasteiger partial charge in [0, 0.05) is 61.4 Å². The van der Waals surface area contributed by atoms with Crippen molar-refractivity contribution in [1.29, 1.82) is 10.7 Å². The number of ketones is 1. The number of nitrogens with one attached hydrogen (secondary N) is 2. The van der Waals surface area contributed by atoms with Gasteiger partial charge < -0.3 is 16.0 Å². The number of benzene rings is 2. The van der Waals surface area contributed by atoms with E-state index in [-0.39, 0.29) is 29.3 Å². The minimum absolute atomic E-state index is 0.00522. The van der Waals surface area contributed by atoms with E-state index in [0.717, 1.165) is 29.7 Å². The smallest absolute Gasteiger partial charge is 0.165 e. The fraction of sp³-hybridized carbons (Fsp3) is 0.462. The normalized spacial score (nSPS) is 15.2. The lowest BCUT2D eigenvalue weighted by Crippen LogP contribution is -2.43. The number of nitriles is 1. The fourth-order valence-electron chi connectivity index (χ4n) is 4.87. The summed E-state index contributed by atoms with van der Waals surface area (Å²) in [5.41, 5.74) is 13.0. The summed E-state index contributed by atoms with van der Waals surface area (Å²) < 4.78 is 0. The summed E-state index contributed by atoms with van der Waals surface area (Å²) >= 11 is 0. The number of hydrogen-bond acceptors (Lipinski definition) is 6. The molecule has 3 rings (SSSR count). The average Bonchev–Trinajstić information content (AvgIpc) is 3.03. The monoisotopic (exact) mass is 622 g/mol. The van der Waals surface area contributed by atoms with Gasteiger partial charge in [0.2, 0.25) is 0 Å². The van der Waals surface area contributed by atoms with Gasteiger partial charge >= 0.3 is 0 Å². The maximum absolute atomic E-state index is 12.6. The molecule has 4 N–H and O–H groups in total. The minimum Gasteiger partial charge on any atom is -0.384 e. The van der Waals surface area contributed by atoms with Crippen LogP contribution in [0.1, 0.15) is 87.0 Å². The van der Waals surface area contributed by atoms with Crippen LogP contribution in [0.3, 0.4) is 0 Å². The fourth-order valence-corrected chi connectivity index (χ4v) is 4.87. The molecular weight excluding hydrogens is 568 g/mol. The topological polar surface area (TPSA) is 109 Å². The van der Waals surface area contributed by atoms with Crippen molar-refractivity contribution in [2.45, 2.75) is 80.8 Å². The van der Waals surface area contributed by atoms with Gasteiger partial charge in [-0.1, -0.05) is 80.1 Å². The Labute approximate surface area is 278 Å². The first-order chi connectivity index (χ1) is 21.8. The number of rotatable bonds is 10. The molecule has 0 spiro atoms. The van der Waals surface area contributed by atoms with Gasteiger partial charge in [0.05, 0.1) is 5.57 Å². The summed E-state index contributed by atoms with van der Waals surface area (Å²) in [6.45, 7) is 21.7. The van der Waals surface area contributed by atoms with Gasteiger partial charge in [-0.25, -0.2) is 0 Å². The quantitative estimate of drug-likeness (QED) is 0.0675. The van der Waals surface area contributed by atoms with E-state index in [1.807, 2.05) is 66.7 Å². The van der Waals surface area contributed by atoms with Crippen LogP contribution in [0.5, 0.6) is 0 Å². The highest BCUT2D eigenvalue weighted by molar-refractivity contribution is 6.02. The van der Waals surface area contributed by atoms with Gasteiger partial charge in [0.1, 0.15) is 17.6 Å². The Kier molecular flexibility index (Phi) is 15.5. The molecule has 7 nitrogen and oxygen atoms in total. The zero-order valence-corrected chi connectivity index (χ0v) is 29.5. The number of piperazine rings is 1. The van der Waals surface area contributed by atoms with E-state index in [2.05, 4.69) is 71.3 Å². The van der Waals surface area contributed by atoms with Crippen LogP contribution >= 0.6 is 0 Å². The highest BCUT2D eigenvalue weighted by Crippen LogP contribution is 2.21. The zero-order chi connectivity index (χ0) is 34.4. The molecule has 46 heavy (non-hydrogen) atoms. The van der Waals surface area contributed by atoms with Gasteiger partial charge in [-0.15, -0.1) is 0 Å². The van der Waals surface area contributed by atoms with Crippen LogP contribution in [0.15, 0.2) is 64.9 Å². The Balaban J connectivity index is 0.000000405. The Bertz CT molecular complexity index is 1510. The van der Waals surface area contributed by atoms with Crippen molar-refractivity contribution in [3.8, 4) is 17.9 Å². The molecule has 2 aromatic carbocycles. The number of carbonyl (C=O) groups is 1. The first-order valence-electron chi connectivity index (χ1n) is 16.4. The summed E-state index contributed by atoms with van der Waals surface area (Å²) in [4.78, 5) is 17.5. The number of nitrogens with two attached hydrogens (primary N) is 1. The lowest BCUT2D eigenvalue weighted by Gasteiger charge is -2.32. The van der Waals surface area contributed by atoms with Gasteiger partial charge in [0.15, 0.2) is 5.78 Å². The second-order valence-electron chi connectivity index (χ2n) is 12.6. The Morgan fingerprint density at radius 1 is 1.04 bits per heavy atom. The predicted octanol–water partition coefficient (Wildman–Crippen LogP) is 6.76. The second-order valence-corrected chi connectivity index (χ2v) is 12.6. The van der Waals surface area contributed by atoms with Crippen LogP contribution in [0.25, 0.3) is 0 Å². The molecule has 1 unspecified atom stereocenters. The number of allylic oxidation sites excluding steroid dienone is 2. The molecular formula is C39H54N6O. The zero-order valence-electron chi connectivity index (χ0n) is 29.5. The maximum atomic E-state index is 12.6. The van der Waals surface area contributed by atoms with Crippen LogP contribution in [0.2, 0.25) is 0 Å². The molecule has 1 fully saturated rings. The third-order valence-corrected chi connectivity index (χ3v) is 8.30. The van der Waals surface area contributed by atoms with Gasteiger partial charge in [0.25, 0.3) is 0 Å². The van der Waals surface area contributed by atoms with E-state index in [1.54, 1.807) is 0 Å². The summed E-state index contributed by atoms with van der Waals surface area (Å²) in [5, 5.41) is 20.8. The molecule has 1 aliphatic heterocycles. The second kappa shape index (κ2) is 18.7. The van der Waals surface area contributed by atoms with E-state index in [0.29, 0.717) is 23.1 Å². The minimum atomic E-state index is -0.209. The molecule has 1 atom stereocenters. The molecule has 0 saturated carbocycles. The van der Waals surface area contributed by atoms with Crippen molar-refractivity contribution in [2.24, 2.45) is 11.7 Å². The van der Waals surface area contributed by atoms with Gasteiger partial charge in [-0.3, -0.25) is 15.1 Å². The summed E-state index contributed by atoms with van der Waals surface area (Å²) in [5.74, 6) is 6.16. The van der Waals surface area contributed by atoms with Crippen molar-refractivity contribution in [2.75, 3.05) is 33.2 Å². The predicted molar refractivity (Wildman–Crippen MR) is 192 cm³/mol. The van der Waals surface area contributed by atoms with Crippen molar-refractivity contribution >= 4 is 11.6 Å². The van der Waals surface area contributed by atoms with E-state index in [4.69, 9.17) is 11.1 Å². The largest absolute Gasteiger partial charge is 0.384 e. The first kappa shape index (κ1) is 38.0. The van der Waals surface area contributed by atoms with Gasteiger partial charge in [-0.05, 0) is 71.7 Å². The van der Waals surface area contributed by atoms with Crippen molar-refractivity contribution in [1.82, 2.24) is 15.1 Å². The van der Waals surface area contributed by atoms with Crippen LogP contribution < -0.4 is 11.1 Å². The lowest BCUT2D eigenvalue weighted by molar-refractivity contribution is 0.0927. The summed E-state index contributed by atoms with van der Waals surface area (Å²) in [7, 11) is 2.20. The van der Waals surface area contributed by atoms with E-state index in [1.165, 1.54) is 37.3 Å². The Morgan fingerprint density at radius 2 is 1.67 bits per heavy atom. The molecule has 1 saturated heterocycles. The molecule has 0 bridgehead atoms. The number of carbonyl (C=O) groups excluding carboxylic acids is 1. The number of amidine groups is 1. The van der Waals surface area contributed by atoms with E-state index in [9.17, 15) is 10.1 Å². The maximum Gasteiger partial charge on any atom is 0.165 e. The van der Waals surface area contributed by atoms with Crippen molar-refractivity contribution in [3.63, 3.8) is 0 Å². The Hall–Kier alpha value is -4.17. The van der Waals surface area contributed by atoms with E-state index >= 15 is 0 Å². The molecule has 246 valence electrons. The molecule has 7 heteroatoms. The third-order valence-electron chi connectivity index (χ3n) is 8.30. The van der Waals surface area contributed by atoms with Crippen molar-refractivity contribution in [3.05, 3.63) is 92.7 Å². The average molecular weight is 623 g/mol. The number of hydrogen-bond donors (Lipinski definition) is 3. The molecule has 0 radical (unpaired) electrons. The van der Waals surface area contributed by atoms with Crippen LogP contribution in [0, 0.1) is 48.3 Å². The number of nitrogens with zero attached hydrogens (tertiary/aromatic N) is 3. The first-order valence-corrected chi connectivity index (χ1v) is 16.4. The summed E-state index contributed by atoms with van der Waals surface area (Å²) in [6, 6.07) is 16.6. The molecule has 0 aromatic heterocycles. The molecule has 2 aromatic rings. The van der Waals surface area contributed by atoms with Gasteiger partial charge in [-0.2, -0.15) is 5.26 Å². The highest BCUT2D eigenvalue weighted by Gasteiger charge is 2.18. The van der Waals surface area contributed by atoms with Crippen LogP contribution in [0.4, 0.5) is 0 Å². The van der Waals surface area contributed by atoms with Crippen LogP contribution in [-0.2, 0) is 6.54 Å². The summed E-state index contributed by atoms with van der Waals surface area (Å²) in [6.07, 6.45) is 1.48. The Morgan fingerprint density at radius 3 is 2.20 bits per heavy atom. The molecule has 1 heterocycles. The number of Topliss-reactive ketones (excluding diaryl/α,β-unsaturated/α-hetero) is 1. The number of likely N-dealkylation sites (N-methyl/N-ethyl adjacent to an activating group) is 1. The van der Waals surface area contributed by atoms with Crippen LogP contribution in [-0.4, -0.2) is 60.7 Å². The highest BCUT2D eigenvalue weighted by atomic mass is 16.1. The lowest BCUT2D eigenvalue weighted by atomic mass is 9.93. The standard InChI is InChI=1S/C26H34N4O.C13H20N2/c1-8-17(5)22(24(26(28)29)23(15-27)30-16(3)4)13-12-20-14-21(11-10-19(20)7)25(31)18(6)9-2;1-12-3-5-13(6-4-12)11-15-9-7-14(2)8-10-15/h10-11,14,16,18,30H,8-9H2,1-7H3,(H3,28,29);3-6H,7-11H2,1-2H3/b22-17?,24-23+;. The van der Waals surface area contributed by atoms with Crippen molar-refractivity contribution < 1.29 is 4.79 Å². The van der Waals surface area contributed by atoms with E-state index < -0.39 is 0 Å². The molecule has 1 aliphatic rings. The molecule has 0 aliphatic carbocycles.